The first kappa shape index (κ1) is 18.1. The summed E-state index contributed by atoms with van der Waals surface area (Å²) in [6.07, 6.45) is 2.12. The Morgan fingerprint density at radius 3 is 2.73 bits per heavy atom. The van der Waals surface area contributed by atoms with Gasteiger partial charge in [-0.15, -0.1) is 0 Å². The van der Waals surface area contributed by atoms with Crippen molar-refractivity contribution in [2.45, 2.75) is 12.8 Å². The number of carbonyl (C=O) groups is 1. The van der Waals surface area contributed by atoms with Gasteiger partial charge in [-0.1, -0.05) is 12.1 Å². The molecule has 0 bridgehead atoms. The first-order chi connectivity index (χ1) is 12.6. The summed E-state index contributed by atoms with van der Waals surface area (Å²) in [6.45, 7) is 2.23. The number of benzene rings is 1. The molecule has 1 aromatic heterocycles. The Morgan fingerprint density at radius 1 is 1.27 bits per heavy atom. The van der Waals surface area contributed by atoms with Crippen LogP contribution in [0.4, 0.5) is 5.95 Å². The van der Waals surface area contributed by atoms with E-state index < -0.39 is 0 Å². The van der Waals surface area contributed by atoms with Gasteiger partial charge in [0.25, 0.3) is 5.91 Å². The highest BCUT2D eigenvalue weighted by atomic mass is 16.5. The van der Waals surface area contributed by atoms with E-state index in [0.29, 0.717) is 29.7 Å². The van der Waals surface area contributed by atoms with Crippen molar-refractivity contribution in [1.29, 1.82) is 0 Å². The summed E-state index contributed by atoms with van der Waals surface area (Å²) in [6, 6.07) is 9.09. The fourth-order valence-corrected chi connectivity index (χ4v) is 3.28. The van der Waals surface area contributed by atoms with Crippen LogP contribution in [0.3, 0.4) is 0 Å². The van der Waals surface area contributed by atoms with E-state index in [1.165, 1.54) is 7.11 Å². The van der Waals surface area contributed by atoms with Crippen molar-refractivity contribution in [1.82, 2.24) is 14.9 Å². The summed E-state index contributed by atoms with van der Waals surface area (Å²) >= 11 is 0. The summed E-state index contributed by atoms with van der Waals surface area (Å²) in [5.74, 6) is 1.02. The van der Waals surface area contributed by atoms with Crippen LogP contribution < -0.4 is 10.5 Å². The molecule has 2 aromatic rings. The zero-order chi connectivity index (χ0) is 18.5. The molecule has 1 unspecified atom stereocenters. The molecule has 0 radical (unpaired) electrons. The number of hydrogen-bond acceptors (Lipinski definition) is 6. The van der Waals surface area contributed by atoms with Gasteiger partial charge in [-0.2, -0.15) is 4.98 Å². The monoisotopic (exact) mass is 356 g/mol. The molecule has 1 aromatic carbocycles. The Morgan fingerprint density at radius 2 is 2.04 bits per heavy atom. The number of nitrogens with two attached hydrogens (primary N) is 1. The van der Waals surface area contributed by atoms with Crippen LogP contribution >= 0.6 is 0 Å². The topological polar surface area (TPSA) is 90.6 Å². The lowest BCUT2D eigenvalue weighted by atomic mass is 9.98. The zero-order valence-electron chi connectivity index (χ0n) is 15.1. The van der Waals surface area contributed by atoms with Crippen molar-refractivity contribution >= 4 is 11.9 Å². The number of nitrogen functional groups attached to an aromatic ring is 1. The highest BCUT2D eigenvalue weighted by molar-refractivity contribution is 5.94. The third kappa shape index (κ3) is 4.11. The number of anilines is 1. The summed E-state index contributed by atoms with van der Waals surface area (Å²) in [5.41, 5.74) is 7.89. The lowest BCUT2D eigenvalue weighted by Crippen LogP contribution is -2.41. The minimum absolute atomic E-state index is 0.0529. The van der Waals surface area contributed by atoms with Crippen molar-refractivity contribution < 1.29 is 14.3 Å². The molecular weight excluding hydrogens is 332 g/mol. The first-order valence-corrected chi connectivity index (χ1v) is 8.68. The molecule has 1 saturated heterocycles. The van der Waals surface area contributed by atoms with Crippen molar-refractivity contribution in [3.05, 3.63) is 35.9 Å². The number of aromatic nitrogens is 2. The maximum absolute atomic E-state index is 12.8. The molecule has 1 aliphatic heterocycles. The van der Waals surface area contributed by atoms with Gasteiger partial charge in [-0.25, -0.2) is 4.98 Å². The number of piperidine rings is 1. The van der Waals surface area contributed by atoms with Gasteiger partial charge in [0.05, 0.1) is 19.4 Å². The molecule has 1 fully saturated rings. The Bertz CT molecular complexity index is 762. The van der Waals surface area contributed by atoms with Crippen LogP contribution in [0.15, 0.2) is 30.3 Å². The molecule has 0 spiro atoms. The number of hydrogen-bond donors (Lipinski definition) is 1. The van der Waals surface area contributed by atoms with Crippen LogP contribution in [-0.2, 0) is 4.74 Å². The average Bonchev–Trinajstić information content (AvgIpc) is 2.67. The minimum Gasteiger partial charge on any atom is -0.481 e. The smallest absolute Gasteiger partial charge is 0.253 e. The van der Waals surface area contributed by atoms with E-state index in [-0.39, 0.29) is 11.9 Å². The molecule has 0 aliphatic carbocycles. The predicted octanol–water partition coefficient (Wildman–Crippen LogP) is 2.23. The second-order valence-electron chi connectivity index (χ2n) is 6.45. The Kier molecular flexibility index (Phi) is 5.68. The van der Waals surface area contributed by atoms with Gasteiger partial charge in [0.1, 0.15) is 0 Å². The van der Waals surface area contributed by atoms with E-state index in [2.05, 4.69) is 9.97 Å². The lowest BCUT2D eigenvalue weighted by Gasteiger charge is -2.32. The van der Waals surface area contributed by atoms with Crippen molar-refractivity contribution in [2.24, 2.45) is 5.92 Å². The fourth-order valence-electron chi connectivity index (χ4n) is 3.28. The number of ether oxygens (including phenoxy) is 2. The second kappa shape index (κ2) is 8.14. The Hall–Kier alpha value is -2.67. The van der Waals surface area contributed by atoms with Gasteiger partial charge in [0, 0.05) is 37.4 Å². The Balaban J connectivity index is 1.75. The SMILES string of the molecule is COCC1CCCN(C(=O)c2ccc(-c3cc(OC)nc(N)n3)cc2)C1. The van der Waals surface area contributed by atoms with Gasteiger partial charge in [-0.3, -0.25) is 4.79 Å². The highest BCUT2D eigenvalue weighted by Gasteiger charge is 2.24. The summed E-state index contributed by atoms with van der Waals surface area (Å²) < 4.78 is 10.4. The minimum atomic E-state index is 0.0529. The van der Waals surface area contributed by atoms with E-state index in [4.69, 9.17) is 15.2 Å². The zero-order valence-corrected chi connectivity index (χ0v) is 15.1. The van der Waals surface area contributed by atoms with Gasteiger partial charge in [0.15, 0.2) is 0 Å². The number of nitrogens with zero attached hydrogens (tertiary/aromatic N) is 3. The molecule has 3 rings (SSSR count). The molecule has 7 heteroatoms. The average molecular weight is 356 g/mol. The van der Waals surface area contributed by atoms with E-state index in [1.807, 2.05) is 29.2 Å². The summed E-state index contributed by atoms with van der Waals surface area (Å²) in [4.78, 5) is 22.9. The summed E-state index contributed by atoms with van der Waals surface area (Å²) in [7, 11) is 3.23. The quantitative estimate of drug-likeness (QED) is 0.883. The van der Waals surface area contributed by atoms with E-state index in [0.717, 1.165) is 31.5 Å². The van der Waals surface area contributed by atoms with Gasteiger partial charge >= 0.3 is 0 Å². The van der Waals surface area contributed by atoms with Gasteiger partial charge in [0.2, 0.25) is 11.8 Å². The Labute approximate surface area is 153 Å². The van der Waals surface area contributed by atoms with E-state index in [1.54, 1.807) is 13.2 Å². The van der Waals surface area contributed by atoms with Gasteiger partial charge in [-0.05, 0) is 30.9 Å². The third-order valence-electron chi connectivity index (χ3n) is 4.57. The number of likely N-dealkylation sites (tertiary alicyclic amines) is 1. The van der Waals surface area contributed by atoms with Crippen LogP contribution in [0.1, 0.15) is 23.2 Å². The molecule has 7 nitrogen and oxygen atoms in total. The third-order valence-corrected chi connectivity index (χ3v) is 4.57. The first-order valence-electron chi connectivity index (χ1n) is 8.68. The van der Waals surface area contributed by atoms with Crippen molar-refractivity contribution in [3.8, 4) is 17.1 Å². The molecule has 0 saturated carbocycles. The molecule has 138 valence electrons. The molecular formula is C19H24N4O3. The molecule has 2 heterocycles. The number of amides is 1. The largest absolute Gasteiger partial charge is 0.481 e. The highest BCUT2D eigenvalue weighted by Crippen LogP contribution is 2.23. The predicted molar refractivity (Wildman–Crippen MR) is 98.9 cm³/mol. The van der Waals surface area contributed by atoms with Gasteiger partial charge < -0.3 is 20.1 Å². The van der Waals surface area contributed by atoms with Crippen LogP contribution in [0.2, 0.25) is 0 Å². The van der Waals surface area contributed by atoms with Crippen LogP contribution in [0.5, 0.6) is 5.88 Å². The second-order valence-corrected chi connectivity index (χ2v) is 6.45. The van der Waals surface area contributed by atoms with Crippen molar-refractivity contribution in [2.75, 3.05) is 39.6 Å². The standard InChI is InChI=1S/C19H24N4O3/c1-25-12-13-4-3-9-23(11-13)18(24)15-7-5-14(6-8-15)16-10-17(26-2)22-19(20)21-16/h5-8,10,13H,3-4,9,11-12H2,1-2H3,(H2,20,21,22). The number of methoxy groups -OCH3 is 2. The maximum atomic E-state index is 12.8. The summed E-state index contributed by atoms with van der Waals surface area (Å²) in [5, 5.41) is 0. The molecule has 1 amide bonds. The van der Waals surface area contributed by atoms with Crippen LogP contribution in [0, 0.1) is 5.92 Å². The fraction of sp³-hybridized carbons (Fsp3) is 0.421. The number of carbonyl (C=O) groups excluding carboxylic acids is 1. The molecule has 26 heavy (non-hydrogen) atoms. The molecule has 2 N–H and O–H groups in total. The molecule has 1 atom stereocenters. The normalized spacial score (nSPS) is 17.2. The van der Waals surface area contributed by atoms with E-state index in [9.17, 15) is 4.79 Å². The van der Waals surface area contributed by atoms with E-state index >= 15 is 0 Å². The van der Waals surface area contributed by atoms with Crippen LogP contribution in [0.25, 0.3) is 11.3 Å². The lowest BCUT2D eigenvalue weighted by molar-refractivity contribution is 0.0571. The van der Waals surface area contributed by atoms with Crippen molar-refractivity contribution in [3.63, 3.8) is 0 Å². The van der Waals surface area contributed by atoms with Crippen LogP contribution in [-0.4, -0.2) is 54.7 Å². The number of rotatable bonds is 5. The maximum Gasteiger partial charge on any atom is 0.253 e. The molecule has 1 aliphatic rings.